The summed E-state index contributed by atoms with van der Waals surface area (Å²) in [5.41, 5.74) is 2.34. The van der Waals surface area contributed by atoms with Crippen molar-refractivity contribution in [2.75, 3.05) is 13.1 Å². The van der Waals surface area contributed by atoms with Crippen LogP contribution < -0.4 is 0 Å². The predicted molar refractivity (Wildman–Crippen MR) is 104 cm³/mol. The van der Waals surface area contributed by atoms with E-state index in [-0.39, 0.29) is 17.6 Å². The van der Waals surface area contributed by atoms with Gasteiger partial charge in [0.25, 0.3) is 5.91 Å². The van der Waals surface area contributed by atoms with E-state index in [1.807, 2.05) is 60.4 Å². The Kier molecular flexibility index (Phi) is 4.55. The minimum absolute atomic E-state index is 0.00325. The number of piperidine rings is 1. The molecule has 3 aromatic rings. The molecule has 1 saturated heterocycles. The number of ketones is 1. The van der Waals surface area contributed by atoms with Gasteiger partial charge in [0, 0.05) is 30.1 Å². The Bertz CT molecular complexity index is 965. The summed E-state index contributed by atoms with van der Waals surface area (Å²) >= 11 is 1.60. The highest BCUT2D eigenvalue weighted by molar-refractivity contribution is 7.18. The Morgan fingerprint density at radius 2 is 1.92 bits per heavy atom. The van der Waals surface area contributed by atoms with Crippen molar-refractivity contribution < 1.29 is 9.59 Å². The average molecular weight is 364 g/mol. The fourth-order valence-corrected chi connectivity index (χ4v) is 4.44. The monoisotopic (exact) mass is 364 g/mol. The van der Waals surface area contributed by atoms with Gasteiger partial charge in [-0.2, -0.15) is 0 Å². The highest BCUT2D eigenvalue weighted by Gasteiger charge is 2.29. The zero-order valence-corrected chi connectivity index (χ0v) is 15.5. The molecule has 5 heteroatoms. The Hall–Kier alpha value is -2.53. The van der Waals surface area contributed by atoms with Crippen LogP contribution in [0, 0.1) is 12.8 Å². The maximum absolute atomic E-state index is 13.0. The Balaban J connectivity index is 1.53. The molecule has 1 amide bonds. The van der Waals surface area contributed by atoms with E-state index < -0.39 is 0 Å². The van der Waals surface area contributed by atoms with Crippen LogP contribution in [-0.4, -0.2) is 34.7 Å². The van der Waals surface area contributed by atoms with Crippen LogP contribution in [0.3, 0.4) is 0 Å². The molecule has 0 saturated carbocycles. The van der Waals surface area contributed by atoms with Crippen molar-refractivity contribution in [2.45, 2.75) is 19.8 Å². The third kappa shape index (κ3) is 3.27. The number of fused-ring (bicyclic) bond motifs is 1. The number of hydrogen-bond donors (Lipinski definition) is 0. The SMILES string of the molecule is Cc1nc2ccc(C(=O)N3CCCC(C(=O)c4ccccc4)C3)cc2s1. The van der Waals surface area contributed by atoms with Crippen molar-refractivity contribution >= 4 is 33.2 Å². The van der Waals surface area contributed by atoms with Crippen molar-refractivity contribution in [3.8, 4) is 0 Å². The summed E-state index contributed by atoms with van der Waals surface area (Å²) in [5.74, 6) is 0.0182. The molecule has 1 fully saturated rings. The molecule has 0 bridgehead atoms. The molecule has 1 unspecified atom stereocenters. The zero-order chi connectivity index (χ0) is 18.1. The molecular weight excluding hydrogens is 344 g/mol. The third-order valence-corrected chi connectivity index (χ3v) is 5.81. The van der Waals surface area contributed by atoms with Crippen LogP contribution in [0.5, 0.6) is 0 Å². The molecule has 1 aliphatic heterocycles. The molecule has 4 rings (SSSR count). The lowest BCUT2D eigenvalue weighted by Gasteiger charge is -2.32. The van der Waals surface area contributed by atoms with E-state index in [0.717, 1.165) is 33.6 Å². The number of aryl methyl sites for hydroxylation is 1. The summed E-state index contributed by atoms with van der Waals surface area (Å²) in [7, 11) is 0. The van der Waals surface area contributed by atoms with Gasteiger partial charge in [-0.05, 0) is 38.0 Å². The van der Waals surface area contributed by atoms with Crippen molar-refractivity contribution in [3.05, 3.63) is 64.7 Å². The summed E-state index contributed by atoms with van der Waals surface area (Å²) in [6.45, 7) is 3.17. The first-order chi connectivity index (χ1) is 12.6. The smallest absolute Gasteiger partial charge is 0.253 e. The molecule has 0 radical (unpaired) electrons. The molecule has 0 spiro atoms. The number of benzene rings is 2. The number of rotatable bonds is 3. The van der Waals surface area contributed by atoms with Gasteiger partial charge in [-0.25, -0.2) is 4.98 Å². The van der Waals surface area contributed by atoms with E-state index in [1.165, 1.54) is 0 Å². The molecule has 2 aromatic carbocycles. The second-order valence-electron chi connectivity index (χ2n) is 6.74. The van der Waals surface area contributed by atoms with Crippen molar-refractivity contribution in [1.29, 1.82) is 0 Å². The van der Waals surface area contributed by atoms with Gasteiger partial charge in [-0.15, -0.1) is 11.3 Å². The normalized spacial score (nSPS) is 17.4. The number of nitrogens with zero attached hydrogens (tertiary/aromatic N) is 2. The van der Waals surface area contributed by atoms with E-state index in [0.29, 0.717) is 18.7 Å². The number of amides is 1. The fraction of sp³-hybridized carbons (Fsp3) is 0.286. The van der Waals surface area contributed by atoms with E-state index in [2.05, 4.69) is 4.98 Å². The van der Waals surface area contributed by atoms with Crippen LogP contribution >= 0.6 is 11.3 Å². The maximum atomic E-state index is 13.0. The van der Waals surface area contributed by atoms with E-state index in [9.17, 15) is 9.59 Å². The molecule has 4 nitrogen and oxygen atoms in total. The number of likely N-dealkylation sites (tertiary alicyclic amines) is 1. The average Bonchev–Trinajstić information content (AvgIpc) is 3.06. The molecular formula is C21H20N2O2S. The molecule has 1 aromatic heterocycles. The lowest BCUT2D eigenvalue weighted by molar-refractivity contribution is 0.0637. The number of aromatic nitrogens is 1. The fourth-order valence-electron chi connectivity index (χ4n) is 3.57. The molecule has 0 aliphatic carbocycles. The van der Waals surface area contributed by atoms with Crippen LogP contribution in [-0.2, 0) is 0 Å². The molecule has 1 atom stereocenters. The summed E-state index contributed by atoms with van der Waals surface area (Å²) < 4.78 is 1.03. The van der Waals surface area contributed by atoms with Gasteiger partial charge < -0.3 is 4.90 Å². The third-order valence-electron chi connectivity index (χ3n) is 4.88. The van der Waals surface area contributed by atoms with Crippen LogP contribution in [0.2, 0.25) is 0 Å². The second kappa shape index (κ2) is 7.00. The summed E-state index contributed by atoms with van der Waals surface area (Å²) in [4.78, 5) is 32.0. The topological polar surface area (TPSA) is 50.3 Å². The standard InChI is InChI=1S/C21H20N2O2S/c1-14-22-18-10-9-16(12-19(18)26-14)21(25)23-11-5-8-17(13-23)20(24)15-6-3-2-4-7-15/h2-4,6-7,9-10,12,17H,5,8,11,13H2,1H3. The predicted octanol–water partition coefficient (Wildman–Crippen LogP) is 4.34. The minimum atomic E-state index is -0.121. The first-order valence-electron chi connectivity index (χ1n) is 8.87. The van der Waals surface area contributed by atoms with Crippen LogP contribution in [0.25, 0.3) is 10.2 Å². The largest absolute Gasteiger partial charge is 0.338 e. The quantitative estimate of drug-likeness (QED) is 0.650. The van der Waals surface area contributed by atoms with Crippen LogP contribution in [0.4, 0.5) is 0 Å². The highest BCUT2D eigenvalue weighted by atomic mass is 32.1. The summed E-state index contributed by atoms with van der Waals surface area (Å²) in [6.07, 6.45) is 1.70. The Morgan fingerprint density at radius 1 is 1.12 bits per heavy atom. The van der Waals surface area contributed by atoms with Gasteiger partial charge in [0.05, 0.1) is 15.2 Å². The molecule has 2 heterocycles. The van der Waals surface area contributed by atoms with Crippen LogP contribution in [0.1, 0.15) is 38.6 Å². The van der Waals surface area contributed by atoms with E-state index in [1.54, 1.807) is 11.3 Å². The summed E-state index contributed by atoms with van der Waals surface area (Å²) in [5, 5.41) is 0.996. The molecule has 26 heavy (non-hydrogen) atoms. The Labute approximate surface area is 156 Å². The first kappa shape index (κ1) is 16.9. The zero-order valence-electron chi connectivity index (χ0n) is 14.6. The number of thiazole rings is 1. The lowest BCUT2D eigenvalue weighted by atomic mass is 9.89. The van der Waals surface area contributed by atoms with E-state index >= 15 is 0 Å². The van der Waals surface area contributed by atoms with Gasteiger partial charge in [0.1, 0.15) is 0 Å². The van der Waals surface area contributed by atoms with Crippen molar-refractivity contribution in [3.63, 3.8) is 0 Å². The second-order valence-corrected chi connectivity index (χ2v) is 7.97. The van der Waals surface area contributed by atoms with Crippen LogP contribution in [0.15, 0.2) is 48.5 Å². The Morgan fingerprint density at radius 3 is 2.73 bits per heavy atom. The van der Waals surface area contributed by atoms with E-state index in [4.69, 9.17) is 0 Å². The molecule has 1 aliphatic rings. The van der Waals surface area contributed by atoms with Gasteiger partial charge in [-0.3, -0.25) is 9.59 Å². The molecule has 132 valence electrons. The van der Waals surface area contributed by atoms with Gasteiger partial charge in [0.15, 0.2) is 5.78 Å². The van der Waals surface area contributed by atoms with Gasteiger partial charge in [-0.1, -0.05) is 30.3 Å². The number of hydrogen-bond acceptors (Lipinski definition) is 4. The number of carbonyl (C=O) groups is 2. The van der Waals surface area contributed by atoms with Gasteiger partial charge >= 0.3 is 0 Å². The highest BCUT2D eigenvalue weighted by Crippen LogP contribution is 2.26. The minimum Gasteiger partial charge on any atom is -0.338 e. The first-order valence-corrected chi connectivity index (χ1v) is 9.69. The number of Topliss-reactive ketones (excluding diaryl/α,β-unsaturated/α-hetero) is 1. The summed E-state index contributed by atoms with van der Waals surface area (Å²) in [6, 6.07) is 15.0. The molecule has 0 N–H and O–H groups in total. The number of carbonyl (C=O) groups excluding carboxylic acids is 2. The maximum Gasteiger partial charge on any atom is 0.253 e. The van der Waals surface area contributed by atoms with Crippen molar-refractivity contribution in [1.82, 2.24) is 9.88 Å². The lowest BCUT2D eigenvalue weighted by Crippen LogP contribution is -2.42. The van der Waals surface area contributed by atoms with Crippen molar-refractivity contribution in [2.24, 2.45) is 5.92 Å². The van der Waals surface area contributed by atoms with Gasteiger partial charge in [0.2, 0.25) is 0 Å².